The van der Waals surface area contributed by atoms with E-state index in [0.717, 1.165) is 30.7 Å². The van der Waals surface area contributed by atoms with Gasteiger partial charge in [0.2, 0.25) is 0 Å². The van der Waals surface area contributed by atoms with Gasteiger partial charge in [0.15, 0.2) is 17.3 Å². The number of nitrogens with one attached hydrogen (secondary N) is 1. The Morgan fingerprint density at radius 1 is 1.15 bits per heavy atom. The monoisotopic (exact) mass is 549 g/mol. The molecule has 1 aliphatic heterocycles. The van der Waals surface area contributed by atoms with Crippen molar-refractivity contribution >= 4 is 34.0 Å². The first-order valence-corrected chi connectivity index (χ1v) is 12.5. The van der Waals surface area contributed by atoms with E-state index in [1.54, 1.807) is 12.1 Å². The highest BCUT2D eigenvalue weighted by Gasteiger charge is 2.58. The van der Waals surface area contributed by atoms with Crippen LogP contribution in [0.5, 0.6) is 17.2 Å². The number of phenols is 1. The predicted octanol–water partition coefficient (Wildman–Crippen LogP) is 4.22. The topological polar surface area (TPSA) is 119 Å². The van der Waals surface area contributed by atoms with Gasteiger partial charge in [0.1, 0.15) is 51.6 Å². The van der Waals surface area contributed by atoms with E-state index in [1.165, 1.54) is 20.1 Å². The Bertz CT molecular complexity index is 1690. The Morgan fingerprint density at radius 2 is 1.88 bits per heavy atom. The maximum Gasteiger partial charge on any atom is 0.259 e. The molecule has 206 valence electrons. The van der Waals surface area contributed by atoms with Crippen LogP contribution in [0.2, 0.25) is 0 Å². The number of rotatable bonds is 6. The van der Waals surface area contributed by atoms with Gasteiger partial charge in [-0.15, -0.1) is 0 Å². The number of ether oxygens (including phenoxy) is 2. The number of amides is 1. The number of aryl methyl sites for hydroxylation is 1. The second kappa shape index (κ2) is 9.55. The maximum absolute atomic E-state index is 14.5. The molecule has 8 nitrogen and oxygen atoms in total. The second-order valence-electron chi connectivity index (χ2n) is 9.95. The Balaban J connectivity index is 1.60. The van der Waals surface area contributed by atoms with Gasteiger partial charge in [-0.05, 0) is 42.8 Å². The average molecular weight is 550 g/mol. The quantitative estimate of drug-likeness (QED) is 0.442. The molecule has 2 aliphatic rings. The Hall–Kier alpha value is -4.60. The first-order chi connectivity index (χ1) is 18.9. The highest BCUT2D eigenvalue weighted by atomic mass is 19.1. The molecule has 10 heteroatoms. The smallest absolute Gasteiger partial charge is 0.259 e. The highest BCUT2D eigenvalue weighted by molar-refractivity contribution is 6.27. The number of halogens is 2. The van der Waals surface area contributed by atoms with Crippen LogP contribution in [0.1, 0.15) is 47.8 Å². The molecule has 0 bridgehead atoms. The standard InChI is InChI=1S/C30H25F2NO7/c1-5-14-6-7-16-17(8-15(31)9-19(16)32)18(14)12-33-29(38)25-22(39-4)10-21(36)26-27(25)40-23-11-20(35)24(13(2)34)28(37)30(23,26)3/h6-11,24,36H,5,12H2,1-4H3,(H,33,38)/t24?,30-/m1/s1. The van der Waals surface area contributed by atoms with Crippen LogP contribution < -0.4 is 14.8 Å². The Kier molecular flexibility index (Phi) is 6.44. The summed E-state index contributed by atoms with van der Waals surface area (Å²) < 4.78 is 39.8. The molecule has 1 unspecified atom stereocenters. The van der Waals surface area contributed by atoms with Crippen LogP contribution in [0.15, 0.2) is 42.2 Å². The minimum absolute atomic E-state index is 0.0722. The number of allylic oxidation sites excluding steroid dienone is 2. The summed E-state index contributed by atoms with van der Waals surface area (Å²) >= 11 is 0. The normalized spacial score (nSPS) is 19.6. The van der Waals surface area contributed by atoms with Gasteiger partial charge in [-0.25, -0.2) is 8.78 Å². The third-order valence-corrected chi connectivity index (χ3v) is 7.66. The van der Waals surface area contributed by atoms with E-state index in [4.69, 9.17) is 9.47 Å². The van der Waals surface area contributed by atoms with E-state index in [-0.39, 0.29) is 40.3 Å². The van der Waals surface area contributed by atoms with E-state index in [1.807, 2.05) is 6.92 Å². The first-order valence-electron chi connectivity index (χ1n) is 12.5. The molecule has 40 heavy (non-hydrogen) atoms. The number of carbonyl (C=O) groups is 4. The molecule has 1 aliphatic carbocycles. The minimum Gasteiger partial charge on any atom is -0.507 e. The summed E-state index contributed by atoms with van der Waals surface area (Å²) in [5.74, 6) is -6.79. The molecule has 1 amide bonds. The molecule has 0 radical (unpaired) electrons. The number of phenolic OH excluding ortho intramolecular Hbond substituents is 1. The van der Waals surface area contributed by atoms with Crippen LogP contribution in [0.3, 0.4) is 0 Å². The number of ketones is 3. The van der Waals surface area contributed by atoms with Crippen molar-refractivity contribution in [3.05, 3.63) is 76.1 Å². The molecule has 0 saturated heterocycles. The number of fused-ring (bicyclic) bond motifs is 4. The zero-order valence-corrected chi connectivity index (χ0v) is 22.1. The Morgan fingerprint density at radius 3 is 2.52 bits per heavy atom. The van der Waals surface area contributed by atoms with E-state index in [0.29, 0.717) is 17.4 Å². The van der Waals surface area contributed by atoms with Gasteiger partial charge < -0.3 is 19.9 Å². The van der Waals surface area contributed by atoms with Gasteiger partial charge in [0.05, 0.1) is 12.7 Å². The summed E-state index contributed by atoms with van der Waals surface area (Å²) in [5.41, 5.74) is -0.667. The van der Waals surface area contributed by atoms with Crippen molar-refractivity contribution < 1.29 is 42.5 Å². The van der Waals surface area contributed by atoms with Gasteiger partial charge in [-0.2, -0.15) is 0 Å². The summed E-state index contributed by atoms with van der Waals surface area (Å²) in [6.45, 7) is 4.29. The molecule has 0 aromatic heterocycles. The zero-order chi connectivity index (χ0) is 29.1. The summed E-state index contributed by atoms with van der Waals surface area (Å²) in [6, 6.07) is 6.40. The lowest BCUT2D eigenvalue weighted by Crippen LogP contribution is -2.47. The van der Waals surface area contributed by atoms with Crippen LogP contribution in [0.4, 0.5) is 8.78 Å². The molecule has 3 aromatic carbocycles. The van der Waals surface area contributed by atoms with Crippen molar-refractivity contribution in [1.29, 1.82) is 0 Å². The summed E-state index contributed by atoms with van der Waals surface area (Å²) in [6.07, 6.45) is 1.56. The number of hydrogen-bond donors (Lipinski definition) is 2. The van der Waals surface area contributed by atoms with Gasteiger partial charge in [-0.1, -0.05) is 19.1 Å². The molecule has 5 rings (SSSR count). The Labute approximate surface area is 227 Å². The third kappa shape index (κ3) is 3.85. The van der Waals surface area contributed by atoms with Crippen molar-refractivity contribution in [1.82, 2.24) is 5.32 Å². The van der Waals surface area contributed by atoms with Crippen molar-refractivity contribution in [2.45, 2.75) is 39.2 Å². The lowest BCUT2D eigenvalue weighted by Gasteiger charge is -2.30. The molecule has 2 N–H and O–H groups in total. The molecule has 0 saturated carbocycles. The fourth-order valence-electron chi connectivity index (χ4n) is 5.61. The largest absolute Gasteiger partial charge is 0.507 e. The third-order valence-electron chi connectivity index (χ3n) is 7.66. The zero-order valence-electron chi connectivity index (χ0n) is 22.1. The van der Waals surface area contributed by atoms with Crippen molar-refractivity contribution in [2.75, 3.05) is 7.11 Å². The number of Topliss-reactive ketones (excluding diaryl/α,β-unsaturated/α-hetero) is 2. The van der Waals surface area contributed by atoms with Gasteiger partial charge in [0.25, 0.3) is 5.91 Å². The number of aromatic hydroxyl groups is 1. The summed E-state index contributed by atoms with van der Waals surface area (Å²) in [4.78, 5) is 51.8. The van der Waals surface area contributed by atoms with Crippen molar-refractivity contribution in [2.24, 2.45) is 5.92 Å². The van der Waals surface area contributed by atoms with Crippen molar-refractivity contribution in [3.63, 3.8) is 0 Å². The van der Waals surface area contributed by atoms with E-state index >= 15 is 0 Å². The first kappa shape index (κ1) is 27.0. The second-order valence-corrected chi connectivity index (χ2v) is 9.95. The van der Waals surface area contributed by atoms with Crippen LogP contribution in [0, 0.1) is 17.6 Å². The molecule has 3 aromatic rings. The fourth-order valence-corrected chi connectivity index (χ4v) is 5.61. The maximum atomic E-state index is 14.5. The number of benzene rings is 3. The lowest BCUT2D eigenvalue weighted by atomic mass is 9.67. The highest BCUT2D eigenvalue weighted by Crippen LogP contribution is 2.56. The lowest BCUT2D eigenvalue weighted by molar-refractivity contribution is -0.140. The predicted molar refractivity (Wildman–Crippen MR) is 139 cm³/mol. The van der Waals surface area contributed by atoms with Crippen LogP contribution in [-0.4, -0.2) is 35.5 Å². The minimum atomic E-state index is -1.70. The number of hydrogen-bond acceptors (Lipinski definition) is 7. The molecular formula is C30H25F2NO7. The van der Waals surface area contributed by atoms with E-state index in [9.17, 15) is 33.1 Å². The fraction of sp³-hybridized carbons (Fsp3) is 0.267. The number of carbonyl (C=O) groups excluding carboxylic acids is 4. The average Bonchev–Trinajstić information content (AvgIpc) is 3.20. The van der Waals surface area contributed by atoms with Crippen LogP contribution in [0.25, 0.3) is 10.8 Å². The van der Waals surface area contributed by atoms with E-state index < -0.39 is 52.0 Å². The summed E-state index contributed by atoms with van der Waals surface area (Å²) in [7, 11) is 1.27. The number of methoxy groups -OCH3 is 1. The van der Waals surface area contributed by atoms with Crippen molar-refractivity contribution in [3.8, 4) is 17.2 Å². The summed E-state index contributed by atoms with van der Waals surface area (Å²) in [5, 5.41) is 14.1. The molecule has 0 fully saturated rings. The molecule has 0 spiro atoms. The molecular weight excluding hydrogens is 524 g/mol. The van der Waals surface area contributed by atoms with E-state index in [2.05, 4.69) is 5.32 Å². The SMILES string of the molecule is CCc1ccc2c(F)cc(F)cc2c1CNC(=O)c1c(OC)cc(O)c2c1OC1=CC(=O)C(C(C)=O)C(=O)[C@]12C. The van der Waals surface area contributed by atoms with Crippen LogP contribution >= 0.6 is 0 Å². The van der Waals surface area contributed by atoms with Gasteiger partial charge >= 0.3 is 0 Å². The molecule has 1 heterocycles. The van der Waals surface area contributed by atoms with Crippen LogP contribution in [-0.2, 0) is 32.8 Å². The molecule has 2 atom stereocenters. The van der Waals surface area contributed by atoms with Gasteiger partial charge in [-0.3, -0.25) is 19.2 Å². The van der Waals surface area contributed by atoms with Gasteiger partial charge in [0, 0.05) is 30.1 Å².